The maximum absolute atomic E-state index is 10.6. The summed E-state index contributed by atoms with van der Waals surface area (Å²) in [6.07, 6.45) is 2.10. The second-order valence-electron chi connectivity index (χ2n) is 2.42. The Morgan fingerprint density at radius 1 is 1.77 bits per heavy atom. The number of nitrogens with zero attached hydrogens (tertiary/aromatic N) is 2. The zero-order valence-corrected chi connectivity index (χ0v) is 7.32. The monoisotopic (exact) mass is 178 g/mol. The van der Waals surface area contributed by atoms with E-state index >= 15 is 0 Å². The maximum Gasteiger partial charge on any atom is 0.354 e. The van der Waals surface area contributed by atoms with Crippen LogP contribution in [0.4, 0.5) is 0 Å². The predicted molar refractivity (Wildman–Crippen MR) is 47.3 cm³/mol. The summed E-state index contributed by atoms with van der Waals surface area (Å²) in [5.74, 6) is 4.63. The fourth-order valence-corrected chi connectivity index (χ4v) is 0.979. The SMILES string of the molecule is CC#CCCn1nccc1C(=O)O. The number of rotatable bonds is 3. The summed E-state index contributed by atoms with van der Waals surface area (Å²) in [5.41, 5.74) is 0.206. The van der Waals surface area contributed by atoms with Crippen LogP contribution < -0.4 is 0 Å². The molecule has 0 saturated heterocycles. The van der Waals surface area contributed by atoms with E-state index in [1.54, 1.807) is 6.92 Å². The lowest BCUT2D eigenvalue weighted by Gasteiger charge is -1.99. The molecule has 1 N–H and O–H groups in total. The fourth-order valence-electron chi connectivity index (χ4n) is 0.979. The highest BCUT2D eigenvalue weighted by Crippen LogP contribution is 1.99. The molecule has 0 fully saturated rings. The summed E-state index contributed by atoms with van der Waals surface area (Å²) in [4.78, 5) is 10.6. The van der Waals surface area contributed by atoms with Crippen LogP contribution in [0.3, 0.4) is 0 Å². The largest absolute Gasteiger partial charge is 0.477 e. The van der Waals surface area contributed by atoms with Gasteiger partial charge in [-0.15, -0.1) is 11.8 Å². The molecule has 0 atom stereocenters. The lowest BCUT2D eigenvalue weighted by molar-refractivity contribution is 0.0683. The van der Waals surface area contributed by atoms with Crippen molar-refractivity contribution in [3.05, 3.63) is 18.0 Å². The maximum atomic E-state index is 10.6. The molecule has 0 spiro atoms. The van der Waals surface area contributed by atoms with Crippen molar-refractivity contribution >= 4 is 5.97 Å². The highest BCUT2D eigenvalue weighted by molar-refractivity contribution is 5.85. The third-order valence-electron chi connectivity index (χ3n) is 1.56. The number of carboxylic acids is 1. The van der Waals surface area contributed by atoms with Crippen LogP contribution in [0.15, 0.2) is 12.3 Å². The second kappa shape index (κ2) is 4.31. The van der Waals surface area contributed by atoms with E-state index in [1.807, 2.05) is 0 Å². The molecule has 1 aromatic rings. The second-order valence-corrected chi connectivity index (χ2v) is 2.42. The van der Waals surface area contributed by atoms with Crippen molar-refractivity contribution in [2.24, 2.45) is 0 Å². The molecule has 4 nitrogen and oxygen atoms in total. The highest BCUT2D eigenvalue weighted by atomic mass is 16.4. The highest BCUT2D eigenvalue weighted by Gasteiger charge is 2.08. The normalized spacial score (nSPS) is 9.00. The lowest BCUT2D eigenvalue weighted by Crippen LogP contribution is -2.09. The smallest absolute Gasteiger partial charge is 0.354 e. The van der Waals surface area contributed by atoms with E-state index in [1.165, 1.54) is 16.9 Å². The quantitative estimate of drug-likeness (QED) is 0.702. The molecule has 1 aromatic heterocycles. The van der Waals surface area contributed by atoms with Gasteiger partial charge in [0.05, 0.1) is 6.54 Å². The van der Waals surface area contributed by atoms with Gasteiger partial charge in [-0.1, -0.05) is 0 Å². The minimum absolute atomic E-state index is 0.206. The molecule has 4 heteroatoms. The molecule has 0 aromatic carbocycles. The minimum atomic E-state index is -0.957. The third kappa shape index (κ3) is 2.34. The summed E-state index contributed by atoms with van der Waals surface area (Å²) in [6.45, 7) is 2.27. The van der Waals surface area contributed by atoms with E-state index in [0.717, 1.165) is 0 Å². The van der Waals surface area contributed by atoms with Gasteiger partial charge in [-0.05, 0) is 13.0 Å². The Bertz CT molecular complexity index is 357. The number of aromatic nitrogens is 2. The molecule has 0 radical (unpaired) electrons. The van der Waals surface area contributed by atoms with Gasteiger partial charge in [0.15, 0.2) is 0 Å². The first kappa shape index (κ1) is 9.33. The Morgan fingerprint density at radius 3 is 3.15 bits per heavy atom. The minimum Gasteiger partial charge on any atom is -0.477 e. The summed E-state index contributed by atoms with van der Waals surface area (Å²) in [7, 11) is 0. The molecule has 68 valence electrons. The first-order chi connectivity index (χ1) is 6.25. The Morgan fingerprint density at radius 2 is 2.54 bits per heavy atom. The number of hydrogen-bond donors (Lipinski definition) is 1. The molecule has 1 heterocycles. The van der Waals surface area contributed by atoms with Crippen molar-refractivity contribution in [3.8, 4) is 11.8 Å². The predicted octanol–water partition coefficient (Wildman–Crippen LogP) is 0.995. The molecule has 0 aliphatic heterocycles. The van der Waals surface area contributed by atoms with Crippen molar-refractivity contribution in [2.45, 2.75) is 19.9 Å². The van der Waals surface area contributed by atoms with Gasteiger partial charge >= 0.3 is 5.97 Å². The van der Waals surface area contributed by atoms with E-state index < -0.39 is 5.97 Å². The van der Waals surface area contributed by atoms with Gasteiger partial charge in [0.1, 0.15) is 5.69 Å². The van der Waals surface area contributed by atoms with E-state index in [-0.39, 0.29) is 5.69 Å². The molecule has 0 saturated carbocycles. The first-order valence-electron chi connectivity index (χ1n) is 3.90. The number of carbonyl (C=O) groups is 1. The Kier molecular flexibility index (Phi) is 3.09. The number of carboxylic acid groups (broad SMARTS) is 1. The van der Waals surface area contributed by atoms with Crippen LogP contribution in [0, 0.1) is 11.8 Å². The summed E-state index contributed by atoms with van der Waals surface area (Å²) >= 11 is 0. The van der Waals surface area contributed by atoms with Gasteiger partial charge in [-0.3, -0.25) is 4.68 Å². The standard InChI is InChI=1S/C9H10N2O2/c1-2-3-4-7-11-8(9(12)13)5-6-10-11/h5-6H,4,7H2,1H3,(H,12,13). The van der Waals surface area contributed by atoms with Crippen molar-refractivity contribution in [3.63, 3.8) is 0 Å². The van der Waals surface area contributed by atoms with Crippen LogP contribution in [-0.4, -0.2) is 20.9 Å². The van der Waals surface area contributed by atoms with Crippen molar-refractivity contribution < 1.29 is 9.90 Å². The molecular weight excluding hydrogens is 168 g/mol. The molecule has 0 amide bonds. The molecule has 0 bridgehead atoms. The van der Waals surface area contributed by atoms with Gasteiger partial charge in [0.25, 0.3) is 0 Å². The summed E-state index contributed by atoms with van der Waals surface area (Å²) < 4.78 is 1.44. The van der Waals surface area contributed by atoms with Crippen LogP contribution in [0.25, 0.3) is 0 Å². The third-order valence-corrected chi connectivity index (χ3v) is 1.56. The molecule has 1 rings (SSSR count). The van der Waals surface area contributed by atoms with Crippen LogP contribution in [-0.2, 0) is 6.54 Å². The average Bonchev–Trinajstić information content (AvgIpc) is 2.53. The Hall–Kier alpha value is -1.76. The van der Waals surface area contributed by atoms with E-state index in [2.05, 4.69) is 16.9 Å². The lowest BCUT2D eigenvalue weighted by atomic mass is 10.4. The molecule has 0 unspecified atom stereocenters. The molecule has 0 aliphatic carbocycles. The summed E-state index contributed by atoms with van der Waals surface area (Å²) in [5, 5.41) is 12.6. The Balaban J connectivity index is 2.69. The van der Waals surface area contributed by atoms with Crippen LogP contribution in [0.5, 0.6) is 0 Å². The zero-order valence-electron chi connectivity index (χ0n) is 7.32. The van der Waals surface area contributed by atoms with Crippen molar-refractivity contribution in [2.75, 3.05) is 0 Å². The fraction of sp³-hybridized carbons (Fsp3) is 0.333. The van der Waals surface area contributed by atoms with Gasteiger partial charge in [-0.25, -0.2) is 4.79 Å². The van der Waals surface area contributed by atoms with Crippen molar-refractivity contribution in [1.29, 1.82) is 0 Å². The van der Waals surface area contributed by atoms with Gasteiger partial charge in [0, 0.05) is 12.6 Å². The van der Waals surface area contributed by atoms with Crippen LogP contribution in [0.1, 0.15) is 23.8 Å². The molecule has 0 aliphatic rings. The molecule has 13 heavy (non-hydrogen) atoms. The van der Waals surface area contributed by atoms with Gasteiger partial charge in [0.2, 0.25) is 0 Å². The van der Waals surface area contributed by atoms with Crippen molar-refractivity contribution in [1.82, 2.24) is 9.78 Å². The van der Waals surface area contributed by atoms with Crippen LogP contribution in [0.2, 0.25) is 0 Å². The van der Waals surface area contributed by atoms with E-state index in [0.29, 0.717) is 13.0 Å². The Labute approximate surface area is 76.2 Å². The average molecular weight is 178 g/mol. The number of aromatic carboxylic acids is 1. The first-order valence-corrected chi connectivity index (χ1v) is 3.90. The van der Waals surface area contributed by atoms with Gasteiger partial charge < -0.3 is 5.11 Å². The zero-order chi connectivity index (χ0) is 9.68. The molecular formula is C9H10N2O2. The topological polar surface area (TPSA) is 55.1 Å². The van der Waals surface area contributed by atoms with Gasteiger partial charge in [-0.2, -0.15) is 5.10 Å². The summed E-state index contributed by atoms with van der Waals surface area (Å²) in [6, 6.07) is 1.47. The number of hydrogen-bond acceptors (Lipinski definition) is 2. The number of aryl methyl sites for hydroxylation is 1. The van der Waals surface area contributed by atoms with E-state index in [4.69, 9.17) is 5.11 Å². The van der Waals surface area contributed by atoms with E-state index in [9.17, 15) is 4.79 Å². The van der Waals surface area contributed by atoms with Crippen LogP contribution >= 0.6 is 0 Å².